The van der Waals surface area contributed by atoms with Crippen molar-refractivity contribution in [1.29, 1.82) is 0 Å². The van der Waals surface area contributed by atoms with E-state index in [9.17, 15) is 4.79 Å². The summed E-state index contributed by atoms with van der Waals surface area (Å²) in [5.74, 6) is 0.373. The molecule has 0 unspecified atom stereocenters. The third-order valence-electron chi connectivity index (χ3n) is 3.90. The van der Waals surface area contributed by atoms with Gasteiger partial charge < -0.3 is 20.7 Å². The highest BCUT2D eigenvalue weighted by atomic mass is 16.6. The molecule has 3 N–H and O–H groups in total. The molecule has 0 bridgehead atoms. The number of aliphatic imine (C=N–C) groups is 1. The summed E-state index contributed by atoms with van der Waals surface area (Å²) in [4.78, 5) is 18.0. The molecule has 0 aromatic heterocycles. The summed E-state index contributed by atoms with van der Waals surface area (Å²) in [7, 11) is 1.73. The second-order valence-corrected chi connectivity index (χ2v) is 7.85. The molecule has 28 heavy (non-hydrogen) atoms. The largest absolute Gasteiger partial charge is 0.444 e. The lowest BCUT2D eigenvalue weighted by Crippen LogP contribution is -2.33. The van der Waals surface area contributed by atoms with Crippen LogP contribution >= 0.6 is 0 Å². The third kappa shape index (κ3) is 7.31. The fraction of sp³-hybridized carbons (Fsp3) is 0.364. The third-order valence-corrected chi connectivity index (χ3v) is 3.90. The van der Waals surface area contributed by atoms with Crippen LogP contribution in [0.5, 0.6) is 0 Å². The highest BCUT2D eigenvalue weighted by Crippen LogP contribution is 2.13. The van der Waals surface area contributed by atoms with Crippen molar-refractivity contribution in [2.45, 2.75) is 46.4 Å². The van der Waals surface area contributed by atoms with E-state index in [1.807, 2.05) is 76.2 Å². The first-order valence-electron chi connectivity index (χ1n) is 9.28. The van der Waals surface area contributed by atoms with Gasteiger partial charge in [0.1, 0.15) is 5.60 Å². The summed E-state index contributed by atoms with van der Waals surface area (Å²) in [5, 5.41) is 3.08. The number of benzene rings is 2. The van der Waals surface area contributed by atoms with E-state index >= 15 is 0 Å². The van der Waals surface area contributed by atoms with Gasteiger partial charge in [-0.15, -0.1) is 0 Å². The molecule has 0 heterocycles. The zero-order valence-corrected chi connectivity index (χ0v) is 17.3. The van der Waals surface area contributed by atoms with E-state index in [0.717, 1.165) is 16.8 Å². The van der Waals surface area contributed by atoms with Gasteiger partial charge in [-0.25, -0.2) is 9.79 Å². The average Bonchev–Trinajstić information content (AvgIpc) is 2.61. The van der Waals surface area contributed by atoms with Crippen molar-refractivity contribution in [3.63, 3.8) is 0 Å². The van der Waals surface area contributed by atoms with Crippen LogP contribution < -0.4 is 11.1 Å². The molecule has 6 heteroatoms. The number of nitrogens with two attached hydrogens (primary N) is 1. The van der Waals surface area contributed by atoms with Crippen molar-refractivity contribution in [3.05, 3.63) is 65.2 Å². The molecular weight excluding hydrogens is 352 g/mol. The molecule has 2 rings (SSSR count). The van der Waals surface area contributed by atoms with Crippen LogP contribution in [-0.4, -0.2) is 29.6 Å². The summed E-state index contributed by atoms with van der Waals surface area (Å²) >= 11 is 0. The topological polar surface area (TPSA) is 80.0 Å². The smallest absolute Gasteiger partial charge is 0.410 e. The molecule has 150 valence electrons. The van der Waals surface area contributed by atoms with Crippen LogP contribution in [0.2, 0.25) is 0 Å². The Morgan fingerprint density at radius 3 is 2.21 bits per heavy atom. The van der Waals surface area contributed by atoms with Gasteiger partial charge in [0.25, 0.3) is 0 Å². The van der Waals surface area contributed by atoms with Gasteiger partial charge in [-0.2, -0.15) is 0 Å². The Kier molecular flexibility index (Phi) is 7.04. The van der Waals surface area contributed by atoms with Gasteiger partial charge in [-0.05, 0) is 51.0 Å². The Morgan fingerprint density at radius 1 is 1.07 bits per heavy atom. The van der Waals surface area contributed by atoms with Crippen molar-refractivity contribution in [3.8, 4) is 0 Å². The molecule has 0 spiro atoms. The number of anilines is 1. The highest BCUT2D eigenvalue weighted by molar-refractivity contribution is 5.92. The molecule has 2 aromatic carbocycles. The predicted molar refractivity (Wildman–Crippen MR) is 114 cm³/mol. The van der Waals surface area contributed by atoms with Gasteiger partial charge >= 0.3 is 6.09 Å². The molecule has 0 radical (unpaired) electrons. The van der Waals surface area contributed by atoms with Crippen LogP contribution in [0.25, 0.3) is 0 Å². The number of aryl methyl sites for hydroxylation is 1. The minimum Gasteiger partial charge on any atom is -0.444 e. The second-order valence-electron chi connectivity index (χ2n) is 7.85. The summed E-state index contributed by atoms with van der Waals surface area (Å²) in [6.45, 7) is 8.56. The minimum absolute atomic E-state index is 0.337. The van der Waals surface area contributed by atoms with Gasteiger partial charge in [-0.1, -0.05) is 42.0 Å². The number of ether oxygens (including phenoxy) is 1. The first-order valence-corrected chi connectivity index (χ1v) is 9.28. The van der Waals surface area contributed by atoms with Crippen LogP contribution in [0.1, 0.15) is 37.5 Å². The number of hydrogen-bond acceptors (Lipinski definition) is 3. The Balaban J connectivity index is 1.88. The van der Waals surface area contributed by atoms with Crippen LogP contribution in [0.15, 0.2) is 53.5 Å². The minimum atomic E-state index is -0.500. The molecule has 0 aliphatic rings. The van der Waals surface area contributed by atoms with Crippen LogP contribution in [0.4, 0.5) is 10.5 Å². The number of rotatable bonds is 5. The summed E-state index contributed by atoms with van der Waals surface area (Å²) in [6, 6.07) is 15.9. The van der Waals surface area contributed by atoms with Crippen LogP contribution in [0, 0.1) is 6.92 Å². The average molecular weight is 383 g/mol. The molecule has 0 aliphatic carbocycles. The van der Waals surface area contributed by atoms with E-state index in [1.54, 1.807) is 11.9 Å². The normalized spacial score (nSPS) is 11.8. The maximum atomic E-state index is 12.0. The number of nitrogens with zero attached hydrogens (tertiary/aromatic N) is 2. The monoisotopic (exact) mass is 382 g/mol. The van der Waals surface area contributed by atoms with Crippen molar-refractivity contribution in [2.24, 2.45) is 10.7 Å². The fourth-order valence-electron chi connectivity index (χ4n) is 2.43. The lowest BCUT2D eigenvalue weighted by atomic mass is 10.1. The lowest BCUT2D eigenvalue weighted by molar-refractivity contribution is 0.0285. The highest BCUT2D eigenvalue weighted by Gasteiger charge is 2.19. The molecule has 0 saturated carbocycles. The number of hydrogen-bond donors (Lipinski definition) is 2. The summed E-state index contributed by atoms with van der Waals surface area (Å²) in [5.41, 5.74) is 9.61. The van der Waals surface area contributed by atoms with E-state index < -0.39 is 5.60 Å². The van der Waals surface area contributed by atoms with Crippen LogP contribution in [-0.2, 0) is 17.8 Å². The Hall–Kier alpha value is -3.02. The lowest BCUT2D eigenvalue weighted by Gasteiger charge is -2.24. The van der Waals surface area contributed by atoms with Crippen molar-refractivity contribution >= 4 is 17.7 Å². The number of nitrogens with one attached hydrogen (secondary N) is 1. The van der Waals surface area contributed by atoms with Gasteiger partial charge in [0.15, 0.2) is 5.96 Å². The van der Waals surface area contributed by atoms with Crippen molar-refractivity contribution < 1.29 is 9.53 Å². The number of amides is 1. The van der Waals surface area contributed by atoms with Gasteiger partial charge in [0.2, 0.25) is 0 Å². The maximum Gasteiger partial charge on any atom is 0.410 e. The second kappa shape index (κ2) is 9.26. The Bertz CT molecular complexity index is 806. The fourth-order valence-corrected chi connectivity index (χ4v) is 2.43. The predicted octanol–water partition coefficient (Wildman–Crippen LogP) is 4.29. The zero-order chi connectivity index (χ0) is 20.7. The molecular formula is C22H30N4O2. The van der Waals surface area contributed by atoms with E-state index in [4.69, 9.17) is 10.5 Å². The standard InChI is InChI=1S/C22H30N4O2/c1-16-6-12-19(13-7-16)25-20(23)24-14-17-8-10-18(11-9-17)15-26(5)21(27)28-22(2,3)4/h6-13H,14-15H2,1-5H3,(H3,23,24,25). The van der Waals surface area contributed by atoms with E-state index in [0.29, 0.717) is 19.0 Å². The Morgan fingerprint density at radius 2 is 1.64 bits per heavy atom. The van der Waals surface area contributed by atoms with Crippen LogP contribution in [0.3, 0.4) is 0 Å². The van der Waals surface area contributed by atoms with Gasteiger partial charge in [0, 0.05) is 19.3 Å². The molecule has 0 aliphatic heterocycles. The molecule has 0 atom stereocenters. The van der Waals surface area contributed by atoms with Gasteiger partial charge in [-0.3, -0.25) is 0 Å². The summed E-state index contributed by atoms with van der Waals surface area (Å²) in [6.07, 6.45) is -0.337. The SMILES string of the molecule is Cc1ccc(NC(N)=NCc2ccc(CN(C)C(=O)OC(C)(C)C)cc2)cc1. The van der Waals surface area contributed by atoms with Gasteiger partial charge in [0.05, 0.1) is 6.54 Å². The first-order chi connectivity index (χ1) is 13.1. The summed E-state index contributed by atoms with van der Waals surface area (Å²) < 4.78 is 5.36. The zero-order valence-electron chi connectivity index (χ0n) is 17.3. The van der Waals surface area contributed by atoms with Crippen molar-refractivity contribution in [1.82, 2.24) is 4.90 Å². The molecule has 0 saturated heterocycles. The molecule has 2 aromatic rings. The molecule has 1 amide bonds. The maximum absolute atomic E-state index is 12.0. The first kappa shape index (κ1) is 21.3. The van der Waals surface area contributed by atoms with E-state index in [1.165, 1.54) is 5.56 Å². The quantitative estimate of drug-likeness (QED) is 0.597. The number of guanidine groups is 1. The van der Waals surface area contributed by atoms with E-state index in [2.05, 4.69) is 10.3 Å². The molecule has 6 nitrogen and oxygen atoms in total. The molecule has 0 fully saturated rings. The Labute approximate surface area is 167 Å². The number of carbonyl (C=O) groups excluding carboxylic acids is 1. The number of carbonyl (C=O) groups is 1. The van der Waals surface area contributed by atoms with E-state index in [-0.39, 0.29) is 6.09 Å². The van der Waals surface area contributed by atoms with Crippen molar-refractivity contribution in [2.75, 3.05) is 12.4 Å².